The van der Waals surface area contributed by atoms with Gasteiger partial charge in [-0.15, -0.1) is 0 Å². The van der Waals surface area contributed by atoms with E-state index in [1.165, 1.54) is 12.7 Å². The number of methoxy groups -OCH3 is 1. The minimum atomic E-state index is -0.662. The Labute approximate surface area is 128 Å². The van der Waals surface area contributed by atoms with E-state index in [9.17, 15) is 9.59 Å². The predicted octanol–water partition coefficient (Wildman–Crippen LogP) is 4.45. The molecule has 0 heterocycles. The number of carbonyl (C=O) groups excluding carboxylic acids is 2. The van der Waals surface area contributed by atoms with Gasteiger partial charge in [0.15, 0.2) is 0 Å². The van der Waals surface area contributed by atoms with Gasteiger partial charge in [-0.25, -0.2) is 4.79 Å². The van der Waals surface area contributed by atoms with E-state index in [1.807, 2.05) is 20.8 Å². The number of ketones is 1. The third-order valence-electron chi connectivity index (χ3n) is 3.53. The molecular weight excluding hydrogens is 268 g/mol. The second-order valence-electron chi connectivity index (χ2n) is 6.03. The molecule has 0 unspecified atom stereocenters. The van der Waals surface area contributed by atoms with Crippen molar-refractivity contribution in [3.8, 4) is 0 Å². The summed E-state index contributed by atoms with van der Waals surface area (Å²) in [5, 5.41) is 0. The Morgan fingerprint density at radius 2 is 1.67 bits per heavy atom. The van der Waals surface area contributed by atoms with E-state index in [-0.39, 0.29) is 17.8 Å². The lowest BCUT2D eigenvalue weighted by Crippen LogP contribution is -2.20. The quantitative estimate of drug-likeness (QED) is 0.490. The molecule has 0 N–H and O–H groups in total. The molecule has 4 heteroatoms. The highest BCUT2D eigenvalue weighted by atomic mass is 16.7. The Balaban J connectivity index is 4.15. The van der Waals surface area contributed by atoms with Crippen LogP contribution in [0.25, 0.3) is 0 Å². The van der Waals surface area contributed by atoms with E-state index in [0.717, 1.165) is 24.8 Å². The predicted molar refractivity (Wildman–Crippen MR) is 84.2 cm³/mol. The van der Waals surface area contributed by atoms with Crippen molar-refractivity contribution in [3.05, 3.63) is 23.3 Å². The van der Waals surface area contributed by atoms with Crippen LogP contribution < -0.4 is 0 Å². The van der Waals surface area contributed by atoms with Crippen LogP contribution in [0.1, 0.15) is 53.9 Å². The van der Waals surface area contributed by atoms with Crippen molar-refractivity contribution in [3.63, 3.8) is 0 Å². The summed E-state index contributed by atoms with van der Waals surface area (Å²) < 4.78 is 9.25. The first-order valence-corrected chi connectivity index (χ1v) is 7.22. The first-order chi connectivity index (χ1) is 9.69. The van der Waals surface area contributed by atoms with E-state index in [0.29, 0.717) is 0 Å². The Morgan fingerprint density at radius 3 is 2.19 bits per heavy atom. The molecule has 0 aromatic rings. The van der Waals surface area contributed by atoms with Crippen molar-refractivity contribution < 1.29 is 19.1 Å². The number of hydrogen-bond acceptors (Lipinski definition) is 4. The van der Waals surface area contributed by atoms with Crippen molar-refractivity contribution in [2.75, 3.05) is 13.7 Å². The minimum absolute atomic E-state index is 0.210. The zero-order valence-electron chi connectivity index (χ0n) is 14.1. The number of rotatable bonds is 8. The summed E-state index contributed by atoms with van der Waals surface area (Å²) in [6.07, 6.45) is 6.11. The Kier molecular flexibility index (Phi) is 8.67. The van der Waals surface area contributed by atoms with Gasteiger partial charge in [-0.1, -0.05) is 31.6 Å². The molecule has 0 aromatic carbocycles. The molecule has 0 aromatic heterocycles. The molecule has 0 aliphatic carbocycles. The number of allylic oxidation sites excluding steroid dienone is 3. The van der Waals surface area contributed by atoms with Crippen LogP contribution >= 0.6 is 0 Å². The fourth-order valence-electron chi connectivity index (χ4n) is 1.51. The third-order valence-corrected chi connectivity index (χ3v) is 3.53. The number of ether oxygens (including phenoxy) is 2. The average molecular weight is 296 g/mol. The van der Waals surface area contributed by atoms with Crippen LogP contribution in [-0.2, 0) is 14.3 Å². The van der Waals surface area contributed by atoms with Crippen LogP contribution in [0.5, 0.6) is 0 Å². The second kappa shape index (κ2) is 9.37. The van der Waals surface area contributed by atoms with Crippen LogP contribution in [0.2, 0.25) is 0 Å². The Morgan fingerprint density at radius 1 is 1.05 bits per heavy atom. The highest BCUT2D eigenvalue weighted by Crippen LogP contribution is 2.23. The van der Waals surface area contributed by atoms with Crippen molar-refractivity contribution in [1.82, 2.24) is 0 Å². The molecule has 120 valence electrons. The van der Waals surface area contributed by atoms with Gasteiger partial charge in [-0.05, 0) is 45.6 Å². The Bertz CT molecular complexity index is 417. The van der Waals surface area contributed by atoms with E-state index in [2.05, 4.69) is 23.8 Å². The van der Waals surface area contributed by atoms with Gasteiger partial charge in [-0.3, -0.25) is 4.79 Å². The molecule has 0 aliphatic heterocycles. The van der Waals surface area contributed by atoms with Crippen LogP contribution in [-0.4, -0.2) is 25.7 Å². The van der Waals surface area contributed by atoms with Crippen LogP contribution in [0.4, 0.5) is 4.79 Å². The maximum atomic E-state index is 11.4. The molecule has 21 heavy (non-hydrogen) atoms. The van der Waals surface area contributed by atoms with Gasteiger partial charge >= 0.3 is 6.16 Å². The maximum Gasteiger partial charge on any atom is 0.508 e. The normalized spacial score (nSPS) is 13.0. The lowest BCUT2D eigenvalue weighted by atomic mass is 9.84. The van der Waals surface area contributed by atoms with Gasteiger partial charge in [0.25, 0.3) is 0 Å². The van der Waals surface area contributed by atoms with Crippen LogP contribution in [0.15, 0.2) is 23.3 Å². The van der Waals surface area contributed by atoms with Crippen molar-refractivity contribution in [1.29, 1.82) is 0 Å². The van der Waals surface area contributed by atoms with E-state index in [1.54, 1.807) is 6.92 Å². The van der Waals surface area contributed by atoms with Crippen molar-refractivity contribution >= 4 is 11.9 Å². The van der Waals surface area contributed by atoms with E-state index < -0.39 is 6.16 Å². The molecule has 0 spiro atoms. The lowest BCUT2D eigenvalue weighted by molar-refractivity contribution is -0.124. The molecule has 0 radical (unpaired) electrons. The summed E-state index contributed by atoms with van der Waals surface area (Å²) in [7, 11) is 1.29. The van der Waals surface area contributed by atoms with Crippen LogP contribution in [0, 0.1) is 5.41 Å². The number of Topliss-reactive ketones (excluding diaryl/α,β-unsaturated/α-hetero) is 1. The first-order valence-electron chi connectivity index (χ1n) is 7.22. The SMILES string of the molecule is COC(=O)OC/C(C)=C/CC/C(C)=C/CC(C)(C)C(C)=O. The summed E-state index contributed by atoms with van der Waals surface area (Å²) in [5.41, 5.74) is 1.97. The van der Waals surface area contributed by atoms with E-state index in [4.69, 9.17) is 4.74 Å². The number of carbonyl (C=O) groups is 2. The van der Waals surface area contributed by atoms with Gasteiger partial charge in [0.1, 0.15) is 12.4 Å². The average Bonchev–Trinajstić information content (AvgIpc) is 2.42. The van der Waals surface area contributed by atoms with Gasteiger partial charge in [-0.2, -0.15) is 0 Å². The smallest absolute Gasteiger partial charge is 0.438 e. The highest BCUT2D eigenvalue weighted by Gasteiger charge is 2.21. The zero-order chi connectivity index (χ0) is 16.5. The summed E-state index contributed by atoms with van der Waals surface area (Å²) >= 11 is 0. The van der Waals surface area contributed by atoms with Crippen molar-refractivity contribution in [2.24, 2.45) is 5.41 Å². The molecule has 0 fully saturated rings. The third kappa shape index (κ3) is 9.05. The van der Waals surface area contributed by atoms with Gasteiger partial charge in [0.05, 0.1) is 7.11 Å². The van der Waals surface area contributed by atoms with Crippen LogP contribution in [0.3, 0.4) is 0 Å². The molecule has 0 bridgehead atoms. The molecule has 4 nitrogen and oxygen atoms in total. The molecule has 0 saturated heterocycles. The first kappa shape index (κ1) is 19.4. The largest absolute Gasteiger partial charge is 0.508 e. The lowest BCUT2D eigenvalue weighted by Gasteiger charge is -2.19. The molecule has 0 atom stereocenters. The molecule has 0 aliphatic rings. The topological polar surface area (TPSA) is 52.6 Å². The van der Waals surface area contributed by atoms with Gasteiger partial charge < -0.3 is 9.47 Å². The molecule has 0 saturated carbocycles. The molecular formula is C17H28O4. The summed E-state index contributed by atoms with van der Waals surface area (Å²) in [5.74, 6) is 0.210. The zero-order valence-corrected chi connectivity index (χ0v) is 14.1. The summed E-state index contributed by atoms with van der Waals surface area (Å²) in [4.78, 5) is 22.3. The monoisotopic (exact) mass is 296 g/mol. The fourth-order valence-corrected chi connectivity index (χ4v) is 1.51. The highest BCUT2D eigenvalue weighted by molar-refractivity contribution is 5.81. The molecule has 0 rings (SSSR count). The number of hydrogen-bond donors (Lipinski definition) is 0. The Hall–Kier alpha value is -1.58. The molecule has 0 amide bonds. The van der Waals surface area contributed by atoms with Gasteiger partial charge in [0.2, 0.25) is 0 Å². The fraction of sp³-hybridized carbons (Fsp3) is 0.647. The van der Waals surface area contributed by atoms with Crippen molar-refractivity contribution in [2.45, 2.75) is 53.9 Å². The maximum absolute atomic E-state index is 11.4. The summed E-state index contributed by atoms with van der Waals surface area (Å²) in [6, 6.07) is 0. The van der Waals surface area contributed by atoms with E-state index >= 15 is 0 Å². The summed E-state index contributed by atoms with van der Waals surface area (Å²) in [6.45, 7) is 9.81. The minimum Gasteiger partial charge on any atom is -0.438 e. The van der Waals surface area contributed by atoms with Gasteiger partial charge in [0, 0.05) is 5.41 Å². The standard InChI is InChI=1S/C17H28O4/c1-13(10-11-17(4,5)15(3)18)8-7-9-14(2)12-21-16(19)20-6/h9-10H,7-8,11-12H2,1-6H3/b13-10+,14-9+. The second-order valence-corrected chi connectivity index (χ2v) is 6.03.